The maximum absolute atomic E-state index is 9.35. The monoisotopic (exact) mass is 333 g/mol. The van der Waals surface area contributed by atoms with Gasteiger partial charge in [-0.1, -0.05) is 0 Å². The Balaban J connectivity index is 1.91. The highest BCUT2D eigenvalue weighted by Gasteiger charge is 2.09. The molecule has 1 N–H and O–H groups in total. The highest BCUT2D eigenvalue weighted by atomic mass is 16.3. The molecular weight excluding hydrogens is 310 g/mol. The van der Waals surface area contributed by atoms with E-state index in [9.17, 15) is 5.11 Å². The fourth-order valence-electron chi connectivity index (χ4n) is 2.90. The number of hydrogen-bond donors (Lipinski definition) is 1. The number of anilines is 1. The summed E-state index contributed by atoms with van der Waals surface area (Å²) in [5, 5.41) is 9.35. The summed E-state index contributed by atoms with van der Waals surface area (Å²) in [5.41, 5.74) is 6.55. The lowest BCUT2D eigenvalue weighted by Crippen LogP contribution is -2.08. The van der Waals surface area contributed by atoms with Crippen LogP contribution < -0.4 is 4.90 Å². The molecular formula is C21H23N3O. The zero-order valence-electron chi connectivity index (χ0n) is 15.1. The van der Waals surface area contributed by atoms with Crippen molar-refractivity contribution < 1.29 is 5.11 Å². The summed E-state index contributed by atoms with van der Waals surface area (Å²) in [6.45, 7) is 4.20. The molecule has 0 radical (unpaired) electrons. The lowest BCUT2D eigenvalue weighted by Gasteiger charge is -2.14. The Hall–Kier alpha value is -3.01. The minimum atomic E-state index is 0.248. The molecule has 1 aromatic heterocycles. The number of aliphatic imine (C=N–C) groups is 1. The fourth-order valence-corrected chi connectivity index (χ4v) is 2.90. The van der Waals surface area contributed by atoms with Gasteiger partial charge in [0.15, 0.2) is 0 Å². The summed E-state index contributed by atoms with van der Waals surface area (Å²) in [4.78, 5) is 6.60. The lowest BCUT2D eigenvalue weighted by atomic mass is 10.2. The van der Waals surface area contributed by atoms with Gasteiger partial charge in [0.1, 0.15) is 5.75 Å². The first kappa shape index (κ1) is 16.8. The minimum absolute atomic E-state index is 0.248. The van der Waals surface area contributed by atoms with Crippen molar-refractivity contribution in [3.8, 4) is 11.4 Å². The smallest absolute Gasteiger partial charge is 0.115 e. The van der Waals surface area contributed by atoms with Crippen LogP contribution in [0, 0.1) is 13.8 Å². The number of aromatic hydroxyl groups is 1. The van der Waals surface area contributed by atoms with Crippen molar-refractivity contribution in [3.05, 3.63) is 71.5 Å². The van der Waals surface area contributed by atoms with Crippen molar-refractivity contribution in [1.82, 2.24) is 4.57 Å². The Morgan fingerprint density at radius 3 is 2.20 bits per heavy atom. The van der Waals surface area contributed by atoms with E-state index in [1.54, 1.807) is 24.3 Å². The van der Waals surface area contributed by atoms with Crippen molar-refractivity contribution in [1.29, 1.82) is 0 Å². The Labute approximate surface area is 148 Å². The molecule has 1 heterocycles. The SMILES string of the molecule is Cc1cc(C=Nc2ccc(O)cc2)c(C)n1-c1ccc(N(C)C)cc1. The molecule has 0 aliphatic rings. The van der Waals surface area contributed by atoms with E-state index in [0.717, 1.165) is 22.6 Å². The summed E-state index contributed by atoms with van der Waals surface area (Å²) in [7, 11) is 4.08. The zero-order valence-corrected chi connectivity index (χ0v) is 15.1. The molecule has 25 heavy (non-hydrogen) atoms. The molecule has 0 fully saturated rings. The van der Waals surface area contributed by atoms with Gasteiger partial charge in [0.25, 0.3) is 0 Å². The maximum Gasteiger partial charge on any atom is 0.115 e. The van der Waals surface area contributed by atoms with Gasteiger partial charge >= 0.3 is 0 Å². The zero-order chi connectivity index (χ0) is 18.0. The summed E-state index contributed by atoms with van der Waals surface area (Å²) in [6, 6.07) is 17.5. The molecule has 0 saturated carbocycles. The second-order valence-electron chi connectivity index (χ2n) is 6.35. The van der Waals surface area contributed by atoms with Crippen LogP contribution in [-0.4, -0.2) is 30.0 Å². The molecule has 4 nitrogen and oxygen atoms in total. The number of aryl methyl sites for hydroxylation is 1. The molecule has 0 spiro atoms. The van der Waals surface area contributed by atoms with E-state index in [1.165, 1.54) is 11.4 Å². The average molecular weight is 333 g/mol. The van der Waals surface area contributed by atoms with Crippen LogP contribution in [-0.2, 0) is 0 Å². The third-order valence-electron chi connectivity index (χ3n) is 4.30. The molecule has 3 aromatic rings. The van der Waals surface area contributed by atoms with Crippen LogP contribution in [0.25, 0.3) is 5.69 Å². The van der Waals surface area contributed by atoms with Crippen LogP contribution in [0.1, 0.15) is 17.0 Å². The Morgan fingerprint density at radius 2 is 1.60 bits per heavy atom. The molecule has 0 aliphatic carbocycles. The van der Waals surface area contributed by atoms with Gasteiger partial charge in [0.2, 0.25) is 0 Å². The van der Waals surface area contributed by atoms with Gasteiger partial charge in [0, 0.05) is 48.6 Å². The van der Waals surface area contributed by atoms with Crippen molar-refractivity contribution in [2.45, 2.75) is 13.8 Å². The van der Waals surface area contributed by atoms with Gasteiger partial charge in [-0.3, -0.25) is 4.99 Å². The Morgan fingerprint density at radius 1 is 0.960 bits per heavy atom. The van der Waals surface area contributed by atoms with Crippen molar-refractivity contribution in [2.75, 3.05) is 19.0 Å². The van der Waals surface area contributed by atoms with Gasteiger partial charge < -0.3 is 14.6 Å². The minimum Gasteiger partial charge on any atom is -0.508 e. The van der Waals surface area contributed by atoms with Gasteiger partial charge in [0.05, 0.1) is 5.69 Å². The summed E-state index contributed by atoms with van der Waals surface area (Å²) < 4.78 is 2.23. The lowest BCUT2D eigenvalue weighted by molar-refractivity contribution is 0.475. The number of rotatable bonds is 4. The Bertz CT molecular complexity index is 888. The molecule has 0 saturated heterocycles. The third kappa shape index (κ3) is 3.58. The number of phenols is 1. The third-order valence-corrected chi connectivity index (χ3v) is 4.30. The first-order valence-electron chi connectivity index (χ1n) is 8.25. The highest BCUT2D eigenvalue weighted by molar-refractivity contribution is 5.84. The Kier molecular flexibility index (Phi) is 4.61. The van der Waals surface area contributed by atoms with E-state index in [2.05, 4.69) is 58.6 Å². The molecule has 2 aromatic carbocycles. The molecule has 3 rings (SSSR count). The molecule has 0 atom stereocenters. The van der Waals surface area contributed by atoms with E-state index >= 15 is 0 Å². The van der Waals surface area contributed by atoms with Crippen molar-refractivity contribution >= 4 is 17.6 Å². The number of benzene rings is 2. The number of nitrogens with zero attached hydrogens (tertiary/aromatic N) is 3. The number of aromatic nitrogens is 1. The van der Waals surface area contributed by atoms with E-state index in [4.69, 9.17) is 0 Å². The summed E-state index contributed by atoms with van der Waals surface area (Å²) in [6.07, 6.45) is 1.87. The number of phenolic OH excluding ortho intramolecular Hbond substituents is 1. The van der Waals surface area contributed by atoms with Crippen LogP contribution in [0.15, 0.2) is 59.6 Å². The molecule has 0 amide bonds. The summed E-state index contributed by atoms with van der Waals surface area (Å²) in [5.74, 6) is 0.248. The van der Waals surface area contributed by atoms with E-state index in [-0.39, 0.29) is 5.75 Å². The quantitative estimate of drug-likeness (QED) is 0.708. The highest BCUT2D eigenvalue weighted by Crippen LogP contribution is 2.23. The van der Waals surface area contributed by atoms with Crippen molar-refractivity contribution in [3.63, 3.8) is 0 Å². The van der Waals surface area contributed by atoms with Gasteiger partial charge in [-0.05, 0) is 68.4 Å². The summed E-state index contributed by atoms with van der Waals surface area (Å²) >= 11 is 0. The van der Waals surface area contributed by atoms with E-state index < -0.39 is 0 Å². The number of hydrogen-bond acceptors (Lipinski definition) is 3. The van der Waals surface area contributed by atoms with Crippen LogP contribution in [0.4, 0.5) is 11.4 Å². The first-order valence-corrected chi connectivity index (χ1v) is 8.25. The predicted molar refractivity (Wildman–Crippen MR) is 105 cm³/mol. The van der Waals surface area contributed by atoms with Gasteiger partial charge in [-0.15, -0.1) is 0 Å². The van der Waals surface area contributed by atoms with Gasteiger partial charge in [-0.25, -0.2) is 0 Å². The topological polar surface area (TPSA) is 40.8 Å². The van der Waals surface area contributed by atoms with Crippen LogP contribution in [0.2, 0.25) is 0 Å². The molecule has 0 aliphatic heterocycles. The van der Waals surface area contributed by atoms with Crippen LogP contribution in [0.3, 0.4) is 0 Å². The normalized spacial score (nSPS) is 11.2. The fraction of sp³-hybridized carbons (Fsp3) is 0.190. The molecule has 4 heteroatoms. The second kappa shape index (κ2) is 6.85. The maximum atomic E-state index is 9.35. The standard InChI is InChI=1S/C21H23N3O/c1-15-13-17(14-22-18-5-11-21(25)12-6-18)16(2)24(15)20-9-7-19(8-10-20)23(3)4/h5-14,25H,1-4H3. The molecule has 128 valence electrons. The molecule has 0 unspecified atom stereocenters. The largest absolute Gasteiger partial charge is 0.508 e. The van der Waals surface area contributed by atoms with E-state index in [0.29, 0.717) is 0 Å². The van der Waals surface area contributed by atoms with Crippen LogP contribution in [0.5, 0.6) is 5.75 Å². The van der Waals surface area contributed by atoms with Gasteiger partial charge in [-0.2, -0.15) is 0 Å². The average Bonchev–Trinajstić information content (AvgIpc) is 2.88. The van der Waals surface area contributed by atoms with E-state index in [1.807, 2.05) is 20.3 Å². The molecule has 0 bridgehead atoms. The first-order chi connectivity index (χ1) is 12.0. The predicted octanol–water partition coefficient (Wildman–Crippen LogP) is 4.62. The second-order valence-corrected chi connectivity index (χ2v) is 6.35. The van der Waals surface area contributed by atoms with Crippen LogP contribution >= 0.6 is 0 Å². The van der Waals surface area contributed by atoms with Crippen molar-refractivity contribution in [2.24, 2.45) is 4.99 Å².